The Bertz CT molecular complexity index is 579. The molecule has 2 rings (SSSR count). The lowest BCUT2D eigenvalue weighted by Crippen LogP contribution is -2.00. The Morgan fingerprint density at radius 2 is 2.33 bits per heavy atom. The van der Waals surface area contributed by atoms with E-state index < -0.39 is 11.8 Å². The van der Waals surface area contributed by atoms with Crippen LogP contribution in [0.4, 0.5) is 4.39 Å². The number of rotatable bonds is 4. The molecule has 0 spiro atoms. The number of halogens is 1. The highest BCUT2D eigenvalue weighted by atomic mass is 19.1. The van der Waals surface area contributed by atoms with Crippen LogP contribution in [0.2, 0.25) is 0 Å². The van der Waals surface area contributed by atoms with Gasteiger partial charge in [0, 0.05) is 12.7 Å². The molecule has 0 fully saturated rings. The molecule has 0 unspecified atom stereocenters. The van der Waals surface area contributed by atoms with Crippen LogP contribution in [0.15, 0.2) is 28.7 Å². The third-order valence-corrected chi connectivity index (χ3v) is 2.24. The van der Waals surface area contributed by atoms with Crippen molar-refractivity contribution in [2.45, 2.75) is 6.61 Å². The molecule has 2 aromatic rings. The van der Waals surface area contributed by atoms with Gasteiger partial charge in [-0.05, 0) is 18.2 Å². The van der Waals surface area contributed by atoms with Crippen molar-refractivity contribution in [3.05, 3.63) is 41.5 Å². The van der Waals surface area contributed by atoms with Gasteiger partial charge in [-0.3, -0.25) is 0 Å². The van der Waals surface area contributed by atoms with Gasteiger partial charge in [-0.25, -0.2) is 14.2 Å². The van der Waals surface area contributed by atoms with E-state index in [1.807, 2.05) is 0 Å². The Morgan fingerprint density at radius 3 is 2.94 bits per heavy atom. The normalized spacial score (nSPS) is 10.6. The van der Waals surface area contributed by atoms with Gasteiger partial charge in [0.25, 0.3) is 0 Å². The summed E-state index contributed by atoms with van der Waals surface area (Å²) in [5, 5.41) is 8.94. The van der Waals surface area contributed by atoms with Crippen LogP contribution in [0.25, 0.3) is 11.5 Å². The molecule has 0 aliphatic rings. The molecule has 0 radical (unpaired) electrons. The largest absolute Gasteiger partial charge is 0.475 e. The van der Waals surface area contributed by atoms with E-state index in [1.54, 1.807) is 6.07 Å². The van der Waals surface area contributed by atoms with Crippen LogP contribution < -0.4 is 0 Å². The lowest BCUT2D eigenvalue weighted by atomic mass is 10.2. The van der Waals surface area contributed by atoms with Crippen molar-refractivity contribution < 1.29 is 23.4 Å². The number of ether oxygens (including phenoxy) is 1. The van der Waals surface area contributed by atoms with E-state index in [1.165, 1.54) is 25.3 Å². The molecule has 1 heterocycles. The molecule has 0 saturated carbocycles. The van der Waals surface area contributed by atoms with Crippen molar-refractivity contribution in [3.63, 3.8) is 0 Å². The molecule has 0 bridgehead atoms. The van der Waals surface area contributed by atoms with Crippen molar-refractivity contribution in [2.75, 3.05) is 7.11 Å². The van der Waals surface area contributed by atoms with Gasteiger partial charge in [0.2, 0.25) is 11.7 Å². The SMILES string of the molecule is COCc1nc(-c2cccc(F)c2)oc1C(=O)O. The number of oxazole rings is 1. The zero-order valence-electron chi connectivity index (χ0n) is 9.51. The number of hydrogen-bond acceptors (Lipinski definition) is 4. The molecule has 1 N–H and O–H groups in total. The van der Waals surface area contributed by atoms with E-state index in [0.29, 0.717) is 5.56 Å². The third-order valence-electron chi connectivity index (χ3n) is 2.24. The molecular formula is C12H10FNO4. The van der Waals surface area contributed by atoms with Crippen LogP contribution in [0.3, 0.4) is 0 Å². The minimum Gasteiger partial charge on any atom is -0.475 e. The first kappa shape index (κ1) is 12.3. The Kier molecular flexibility index (Phi) is 3.38. The summed E-state index contributed by atoms with van der Waals surface area (Å²) < 4.78 is 23.0. The Morgan fingerprint density at radius 1 is 1.56 bits per heavy atom. The molecule has 0 aliphatic heterocycles. The predicted molar refractivity (Wildman–Crippen MR) is 59.6 cm³/mol. The summed E-state index contributed by atoms with van der Waals surface area (Å²) in [4.78, 5) is 14.9. The zero-order valence-corrected chi connectivity index (χ0v) is 9.51. The molecule has 0 saturated heterocycles. The van der Waals surface area contributed by atoms with E-state index in [2.05, 4.69) is 4.98 Å². The maximum atomic E-state index is 13.1. The highest BCUT2D eigenvalue weighted by Crippen LogP contribution is 2.23. The van der Waals surface area contributed by atoms with E-state index >= 15 is 0 Å². The molecule has 0 aliphatic carbocycles. The molecule has 0 amide bonds. The van der Waals surface area contributed by atoms with Crippen LogP contribution in [-0.2, 0) is 11.3 Å². The van der Waals surface area contributed by atoms with E-state index in [4.69, 9.17) is 14.3 Å². The van der Waals surface area contributed by atoms with Gasteiger partial charge in [-0.2, -0.15) is 0 Å². The first-order valence-corrected chi connectivity index (χ1v) is 5.09. The van der Waals surface area contributed by atoms with Gasteiger partial charge in [0.15, 0.2) is 0 Å². The second kappa shape index (κ2) is 4.97. The van der Waals surface area contributed by atoms with E-state index in [-0.39, 0.29) is 24.0 Å². The topological polar surface area (TPSA) is 72.6 Å². The number of carboxylic acid groups (broad SMARTS) is 1. The summed E-state index contributed by atoms with van der Waals surface area (Å²) in [6, 6.07) is 5.57. The van der Waals surface area contributed by atoms with Gasteiger partial charge >= 0.3 is 5.97 Å². The summed E-state index contributed by atoms with van der Waals surface area (Å²) in [5.41, 5.74) is 0.545. The molecule has 6 heteroatoms. The number of carbonyl (C=O) groups is 1. The van der Waals surface area contributed by atoms with Crippen LogP contribution in [0.1, 0.15) is 16.2 Å². The number of carboxylic acids is 1. The van der Waals surface area contributed by atoms with Crippen LogP contribution in [0.5, 0.6) is 0 Å². The standard InChI is InChI=1S/C12H10FNO4/c1-17-6-9-10(12(15)16)18-11(14-9)7-3-2-4-8(13)5-7/h2-5H,6H2,1H3,(H,15,16). The van der Waals surface area contributed by atoms with Crippen molar-refractivity contribution in [1.29, 1.82) is 0 Å². The summed E-state index contributed by atoms with van der Waals surface area (Å²) in [6.45, 7) is 0.0143. The molecule has 94 valence electrons. The van der Waals surface area contributed by atoms with Crippen molar-refractivity contribution >= 4 is 5.97 Å². The summed E-state index contributed by atoms with van der Waals surface area (Å²) >= 11 is 0. The summed E-state index contributed by atoms with van der Waals surface area (Å²) in [5.74, 6) is -1.93. The summed E-state index contributed by atoms with van der Waals surface area (Å²) in [6.07, 6.45) is 0. The number of methoxy groups -OCH3 is 1. The first-order valence-electron chi connectivity index (χ1n) is 5.09. The van der Waals surface area contributed by atoms with Gasteiger partial charge in [0.05, 0.1) is 6.61 Å². The monoisotopic (exact) mass is 251 g/mol. The van der Waals surface area contributed by atoms with E-state index in [9.17, 15) is 9.18 Å². The van der Waals surface area contributed by atoms with Gasteiger partial charge < -0.3 is 14.3 Å². The Labute approximate surface area is 102 Å². The molecule has 0 atom stereocenters. The summed E-state index contributed by atoms with van der Waals surface area (Å²) in [7, 11) is 1.42. The van der Waals surface area contributed by atoms with Gasteiger partial charge in [-0.15, -0.1) is 0 Å². The van der Waals surface area contributed by atoms with Gasteiger partial charge in [-0.1, -0.05) is 6.07 Å². The number of hydrogen-bond donors (Lipinski definition) is 1. The minimum atomic E-state index is -1.24. The smallest absolute Gasteiger partial charge is 0.373 e. The fourth-order valence-electron chi connectivity index (χ4n) is 1.50. The molecule has 1 aromatic carbocycles. The van der Waals surface area contributed by atoms with E-state index in [0.717, 1.165) is 0 Å². The fraction of sp³-hybridized carbons (Fsp3) is 0.167. The van der Waals surface area contributed by atoms with Crippen LogP contribution in [0, 0.1) is 5.82 Å². The Hall–Kier alpha value is -2.21. The average molecular weight is 251 g/mol. The van der Waals surface area contributed by atoms with Crippen molar-refractivity contribution in [3.8, 4) is 11.5 Å². The fourth-order valence-corrected chi connectivity index (χ4v) is 1.50. The highest BCUT2D eigenvalue weighted by Gasteiger charge is 2.20. The molecule has 1 aromatic heterocycles. The zero-order chi connectivity index (χ0) is 13.1. The average Bonchev–Trinajstić information content (AvgIpc) is 2.74. The third kappa shape index (κ3) is 2.38. The second-order valence-electron chi connectivity index (χ2n) is 3.54. The predicted octanol–water partition coefficient (Wildman–Crippen LogP) is 2.33. The highest BCUT2D eigenvalue weighted by molar-refractivity contribution is 5.86. The lowest BCUT2D eigenvalue weighted by molar-refractivity contribution is 0.0656. The van der Waals surface area contributed by atoms with Gasteiger partial charge in [0.1, 0.15) is 11.5 Å². The number of aromatic carboxylic acids is 1. The number of benzene rings is 1. The Balaban J connectivity index is 2.46. The number of nitrogens with zero attached hydrogens (tertiary/aromatic N) is 1. The lowest BCUT2D eigenvalue weighted by Gasteiger charge is -1.94. The first-order chi connectivity index (χ1) is 8.61. The van der Waals surface area contributed by atoms with Crippen LogP contribution >= 0.6 is 0 Å². The van der Waals surface area contributed by atoms with Crippen molar-refractivity contribution in [1.82, 2.24) is 4.98 Å². The van der Waals surface area contributed by atoms with Crippen molar-refractivity contribution in [2.24, 2.45) is 0 Å². The maximum absolute atomic E-state index is 13.1. The second-order valence-corrected chi connectivity index (χ2v) is 3.54. The molecule has 5 nitrogen and oxygen atoms in total. The maximum Gasteiger partial charge on any atom is 0.373 e. The quantitative estimate of drug-likeness (QED) is 0.902. The number of aromatic nitrogens is 1. The molecular weight excluding hydrogens is 241 g/mol. The molecule has 18 heavy (non-hydrogen) atoms. The van der Waals surface area contributed by atoms with Crippen LogP contribution in [-0.4, -0.2) is 23.2 Å². The minimum absolute atomic E-state index is 0.0143.